The van der Waals surface area contributed by atoms with E-state index in [9.17, 15) is 18.0 Å². The predicted molar refractivity (Wildman–Crippen MR) is 187 cm³/mol. The molecule has 1 saturated heterocycles. The standard InChI is InChI=1S/C37H46N6O4S/c1-6-7-14-32-40-37(17-10-11-18-37)35(45)43(32)23-27-15-16-29(28(21-27)24-42-20-19-36(4,5)34(42)44)30-12-8-9-13-31(30)48(46,47)41-33-26(3)38-22-25(2)39-33/h8-9,12-13,15-16,21-22H,6-7,10-11,14,17-20,23-24H2,1-5H3,(H,39,41). The van der Waals surface area contributed by atoms with Gasteiger partial charge in [-0.05, 0) is 62.3 Å². The second-order valence-electron chi connectivity index (χ2n) is 14.2. The summed E-state index contributed by atoms with van der Waals surface area (Å²) in [5, 5.41) is 0. The second kappa shape index (κ2) is 13.1. The minimum Gasteiger partial charge on any atom is -0.338 e. The number of nitrogens with one attached hydrogen (secondary N) is 1. The molecule has 1 N–H and O–H groups in total. The summed E-state index contributed by atoms with van der Waals surface area (Å²) in [7, 11) is -4.07. The van der Waals surface area contributed by atoms with Gasteiger partial charge in [0.05, 0.1) is 22.8 Å². The van der Waals surface area contributed by atoms with Crippen molar-refractivity contribution in [3.8, 4) is 11.1 Å². The molecule has 2 fully saturated rings. The molecule has 3 aromatic rings. The first-order chi connectivity index (χ1) is 22.8. The Morgan fingerprint density at radius 1 is 0.938 bits per heavy atom. The number of hydrogen-bond donors (Lipinski definition) is 1. The van der Waals surface area contributed by atoms with Gasteiger partial charge in [0.2, 0.25) is 5.91 Å². The van der Waals surface area contributed by atoms with E-state index in [0.29, 0.717) is 42.1 Å². The Balaban J connectivity index is 1.39. The number of benzene rings is 2. The Hall–Kier alpha value is -4.12. The van der Waals surface area contributed by atoms with Gasteiger partial charge in [0, 0.05) is 36.7 Å². The monoisotopic (exact) mass is 670 g/mol. The SMILES string of the molecule is CCCCC1=NC2(CCCC2)C(=O)N1Cc1ccc(-c2ccccc2S(=O)(=O)Nc2nc(C)cnc2C)c(CN2CCC(C)(C)C2=O)c1. The van der Waals surface area contributed by atoms with E-state index < -0.39 is 21.0 Å². The summed E-state index contributed by atoms with van der Waals surface area (Å²) in [6.45, 7) is 10.9. The smallest absolute Gasteiger partial charge is 0.263 e. The molecule has 0 bridgehead atoms. The highest BCUT2D eigenvalue weighted by molar-refractivity contribution is 7.92. The van der Waals surface area contributed by atoms with E-state index in [1.807, 2.05) is 47.9 Å². The van der Waals surface area contributed by atoms with Crippen LogP contribution in [-0.4, -0.2) is 57.9 Å². The summed E-state index contributed by atoms with van der Waals surface area (Å²) in [4.78, 5) is 44.8. The molecule has 1 aromatic heterocycles. The van der Waals surface area contributed by atoms with Crippen LogP contribution in [0, 0.1) is 19.3 Å². The highest BCUT2D eigenvalue weighted by Crippen LogP contribution is 2.41. The summed E-state index contributed by atoms with van der Waals surface area (Å²) < 4.78 is 30.5. The van der Waals surface area contributed by atoms with Gasteiger partial charge in [-0.3, -0.25) is 29.2 Å². The van der Waals surface area contributed by atoms with Crippen molar-refractivity contribution >= 4 is 33.5 Å². The Kier molecular flexibility index (Phi) is 9.19. The van der Waals surface area contributed by atoms with E-state index in [0.717, 1.165) is 68.3 Å². The van der Waals surface area contributed by atoms with E-state index in [-0.39, 0.29) is 22.5 Å². The molecule has 10 nitrogen and oxygen atoms in total. The Bertz CT molecular complexity index is 1880. The van der Waals surface area contributed by atoms with Gasteiger partial charge in [-0.2, -0.15) is 0 Å². The maximum absolute atomic E-state index is 13.9. The Morgan fingerprint density at radius 3 is 2.40 bits per heavy atom. The number of carbonyl (C=O) groups is 2. The van der Waals surface area contributed by atoms with Gasteiger partial charge in [-0.15, -0.1) is 0 Å². The van der Waals surface area contributed by atoms with Gasteiger partial charge >= 0.3 is 0 Å². The van der Waals surface area contributed by atoms with E-state index in [1.165, 1.54) is 0 Å². The zero-order valence-corrected chi connectivity index (χ0v) is 29.5. The van der Waals surface area contributed by atoms with Crippen LogP contribution in [0.3, 0.4) is 0 Å². The topological polar surface area (TPSA) is 125 Å². The number of nitrogens with zero attached hydrogens (tertiary/aromatic N) is 5. The molecule has 11 heteroatoms. The summed E-state index contributed by atoms with van der Waals surface area (Å²) in [5.41, 5.74) is 2.95. The third kappa shape index (κ3) is 6.49. The first-order valence-corrected chi connectivity index (χ1v) is 18.6. The summed E-state index contributed by atoms with van der Waals surface area (Å²) >= 11 is 0. The number of unbranched alkanes of at least 4 members (excludes halogenated alkanes) is 1. The van der Waals surface area contributed by atoms with Crippen LogP contribution in [0.25, 0.3) is 11.1 Å². The normalized spacial score (nSPS) is 18.6. The van der Waals surface area contributed by atoms with Crippen LogP contribution in [0.1, 0.15) is 94.7 Å². The molecular formula is C37H46N6O4S. The minimum absolute atomic E-state index is 0.0711. The van der Waals surface area contributed by atoms with Gasteiger partial charge in [0.1, 0.15) is 11.4 Å². The van der Waals surface area contributed by atoms with Crippen LogP contribution < -0.4 is 4.72 Å². The van der Waals surface area contributed by atoms with E-state index >= 15 is 0 Å². The molecule has 0 unspecified atom stereocenters. The van der Waals surface area contributed by atoms with Crippen molar-refractivity contribution in [2.45, 2.75) is 110 Å². The largest absolute Gasteiger partial charge is 0.338 e. The lowest BCUT2D eigenvalue weighted by Crippen LogP contribution is -2.40. The number of anilines is 1. The van der Waals surface area contributed by atoms with Crippen molar-refractivity contribution < 1.29 is 18.0 Å². The number of likely N-dealkylation sites (tertiary alicyclic amines) is 1. The number of hydrogen-bond acceptors (Lipinski definition) is 7. The molecule has 2 aromatic carbocycles. The quantitative estimate of drug-likeness (QED) is 0.246. The van der Waals surface area contributed by atoms with Crippen molar-refractivity contribution in [2.24, 2.45) is 10.4 Å². The molecule has 0 atom stereocenters. The molecule has 0 radical (unpaired) electrons. The first kappa shape index (κ1) is 33.8. The van der Waals surface area contributed by atoms with Crippen LogP contribution in [-0.2, 0) is 32.7 Å². The lowest BCUT2D eigenvalue weighted by molar-refractivity contribution is -0.135. The van der Waals surface area contributed by atoms with E-state index in [1.54, 1.807) is 38.2 Å². The van der Waals surface area contributed by atoms with Crippen molar-refractivity contribution in [1.29, 1.82) is 0 Å². The highest BCUT2D eigenvalue weighted by Gasteiger charge is 2.49. The average molecular weight is 671 g/mol. The number of aryl methyl sites for hydroxylation is 2. The van der Waals surface area contributed by atoms with Gasteiger partial charge in [0.15, 0.2) is 5.82 Å². The third-order valence-electron chi connectivity index (χ3n) is 10.0. The number of amidine groups is 1. The Labute approximate surface area is 284 Å². The predicted octanol–water partition coefficient (Wildman–Crippen LogP) is 6.56. The fourth-order valence-corrected chi connectivity index (χ4v) is 8.45. The molecular weight excluding hydrogens is 625 g/mol. The molecule has 1 saturated carbocycles. The van der Waals surface area contributed by atoms with Gasteiger partial charge in [0.25, 0.3) is 15.9 Å². The van der Waals surface area contributed by atoms with Gasteiger partial charge < -0.3 is 4.90 Å². The van der Waals surface area contributed by atoms with Gasteiger partial charge in [-0.25, -0.2) is 13.4 Å². The van der Waals surface area contributed by atoms with Crippen molar-refractivity contribution in [2.75, 3.05) is 11.3 Å². The van der Waals surface area contributed by atoms with Crippen LogP contribution in [0.2, 0.25) is 0 Å². The third-order valence-corrected chi connectivity index (χ3v) is 11.4. The maximum Gasteiger partial charge on any atom is 0.263 e. The van der Waals surface area contributed by atoms with Crippen molar-refractivity contribution in [3.63, 3.8) is 0 Å². The molecule has 254 valence electrons. The van der Waals surface area contributed by atoms with Crippen molar-refractivity contribution in [3.05, 3.63) is 71.2 Å². The first-order valence-electron chi connectivity index (χ1n) is 17.1. The van der Waals surface area contributed by atoms with Gasteiger partial charge in [-0.1, -0.05) is 76.4 Å². The summed E-state index contributed by atoms with van der Waals surface area (Å²) in [6, 6.07) is 12.8. The molecule has 1 spiro atoms. The number of aliphatic imine (C=N–C) groups is 1. The zero-order valence-electron chi connectivity index (χ0n) is 28.7. The number of sulfonamides is 1. The summed E-state index contributed by atoms with van der Waals surface area (Å²) in [5.74, 6) is 1.20. The van der Waals surface area contributed by atoms with Crippen LogP contribution in [0.5, 0.6) is 0 Å². The number of amides is 2. The summed E-state index contributed by atoms with van der Waals surface area (Å²) in [6.07, 6.45) is 8.68. The van der Waals surface area contributed by atoms with E-state index in [4.69, 9.17) is 4.99 Å². The molecule has 2 aliphatic heterocycles. The molecule has 3 heterocycles. The molecule has 2 amide bonds. The maximum atomic E-state index is 13.9. The lowest BCUT2D eigenvalue weighted by Gasteiger charge is -2.25. The zero-order chi connectivity index (χ0) is 34.3. The van der Waals surface area contributed by atoms with E-state index in [2.05, 4.69) is 21.6 Å². The van der Waals surface area contributed by atoms with Crippen LogP contribution in [0.15, 0.2) is 58.5 Å². The van der Waals surface area contributed by atoms with Crippen LogP contribution >= 0.6 is 0 Å². The number of rotatable bonds is 11. The van der Waals surface area contributed by atoms with Crippen LogP contribution in [0.4, 0.5) is 5.82 Å². The second-order valence-corrected chi connectivity index (χ2v) is 15.8. The van der Waals surface area contributed by atoms with Crippen molar-refractivity contribution in [1.82, 2.24) is 19.8 Å². The lowest BCUT2D eigenvalue weighted by atomic mass is 9.92. The fraction of sp³-hybridized carbons (Fsp3) is 0.486. The Morgan fingerprint density at radius 2 is 1.69 bits per heavy atom. The molecule has 3 aliphatic rings. The number of carbonyl (C=O) groups excluding carboxylic acids is 2. The highest BCUT2D eigenvalue weighted by atomic mass is 32.2. The average Bonchev–Trinajstić information content (AvgIpc) is 3.71. The molecule has 48 heavy (non-hydrogen) atoms. The number of aromatic nitrogens is 2. The fourth-order valence-electron chi connectivity index (χ4n) is 7.17. The molecule has 6 rings (SSSR count). The molecule has 1 aliphatic carbocycles. The minimum atomic E-state index is -4.07.